The monoisotopic (exact) mass is 466 g/mol. The summed E-state index contributed by atoms with van der Waals surface area (Å²) in [6.45, 7) is 3.36. The molecule has 4 heterocycles. The first-order valence-electron chi connectivity index (χ1n) is 10.9. The fourth-order valence-corrected chi connectivity index (χ4v) is 3.94. The molecule has 11 heteroatoms. The summed E-state index contributed by atoms with van der Waals surface area (Å²) in [7, 11) is 1.73. The summed E-state index contributed by atoms with van der Waals surface area (Å²) in [5, 5.41) is 23.4. The number of benzene rings is 1. The van der Waals surface area contributed by atoms with E-state index in [1.165, 1.54) is 18.3 Å². The third-order valence-electron chi connectivity index (χ3n) is 6.04. The summed E-state index contributed by atoms with van der Waals surface area (Å²) >= 11 is 0. The molecule has 4 aromatic rings. The van der Waals surface area contributed by atoms with Crippen molar-refractivity contribution in [1.29, 1.82) is 0 Å². The van der Waals surface area contributed by atoms with Crippen molar-refractivity contribution < 1.29 is 13.9 Å². The number of aromatic nitrogens is 6. The van der Waals surface area contributed by atoms with Crippen LogP contribution in [0.4, 0.5) is 26.2 Å². The van der Waals surface area contributed by atoms with Crippen LogP contribution in [0.15, 0.2) is 42.7 Å². The average Bonchev–Trinajstić information content (AvgIpc) is 3.39. The van der Waals surface area contributed by atoms with Crippen molar-refractivity contribution in [2.75, 3.05) is 23.3 Å². The van der Waals surface area contributed by atoms with E-state index in [1.807, 2.05) is 19.1 Å². The predicted molar refractivity (Wildman–Crippen MR) is 124 cm³/mol. The summed E-state index contributed by atoms with van der Waals surface area (Å²) < 4.78 is 29.8. The molecule has 0 aliphatic carbocycles. The first-order valence-corrected chi connectivity index (χ1v) is 10.9. The highest BCUT2D eigenvalue weighted by Gasteiger charge is 2.27. The van der Waals surface area contributed by atoms with Crippen molar-refractivity contribution in [2.45, 2.75) is 25.4 Å². The number of anilines is 3. The SMILES string of the molecule is Cn1nc(-c2ccc(N3CCC(C)(O)CC3)nc2)nc1Nc1ccc(-c2cn[nH]c2F)c(F)c1. The maximum absolute atomic E-state index is 14.6. The minimum atomic E-state index is -0.690. The van der Waals surface area contributed by atoms with E-state index in [0.717, 1.165) is 24.5 Å². The predicted octanol–water partition coefficient (Wildman–Crippen LogP) is 3.64. The Bertz CT molecular complexity index is 1310. The minimum absolute atomic E-state index is 0.0656. The van der Waals surface area contributed by atoms with Crippen LogP contribution >= 0.6 is 0 Å². The third-order valence-corrected chi connectivity index (χ3v) is 6.04. The van der Waals surface area contributed by atoms with Gasteiger partial charge in [0, 0.05) is 43.1 Å². The maximum Gasteiger partial charge on any atom is 0.225 e. The number of aromatic amines is 1. The smallest absolute Gasteiger partial charge is 0.225 e. The van der Waals surface area contributed by atoms with Crippen LogP contribution in [0, 0.1) is 11.8 Å². The van der Waals surface area contributed by atoms with Gasteiger partial charge in [-0.25, -0.2) is 14.1 Å². The van der Waals surface area contributed by atoms with Crippen LogP contribution in [0.2, 0.25) is 0 Å². The Labute approximate surface area is 194 Å². The molecule has 0 amide bonds. The highest BCUT2D eigenvalue weighted by molar-refractivity contribution is 5.68. The maximum atomic E-state index is 14.6. The van der Waals surface area contributed by atoms with Gasteiger partial charge in [0.2, 0.25) is 11.9 Å². The van der Waals surface area contributed by atoms with Crippen LogP contribution in [-0.4, -0.2) is 53.7 Å². The lowest BCUT2D eigenvalue weighted by Crippen LogP contribution is -2.42. The Morgan fingerprint density at radius 2 is 1.88 bits per heavy atom. The first kappa shape index (κ1) is 22.0. The molecule has 9 nitrogen and oxygen atoms in total. The van der Waals surface area contributed by atoms with Gasteiger partial charge in [-0.1, -0.05) is 0 Å². The van der Waals surface area contributed by atoms with Gasteiger partial charge in [0.1, 0.15) is 11.6 Å². The zero-order valence-corrected chi connectivity index (χ0v) is 18.8. The molecule has 3 N–H and O–H groups in total. The van der Waals surface area contributed by atoms with Crippen molar-refractivity contribution in [1.82, 2.24) is 29.9 Å². The zero-order valence-electron chi connectivity index (χ0n) is 18.8. The van der Waals surface area contributed by atoms with Gasteiger partial charge in [-0.3, -0.25) is 5.10 Å². The molecular weight excluding hydrogens is 442 g/mol. The number of piperidine rings is 1. The number of rotatable bonds is 5. The Hall–Kier alpha value is -3.86. The Balaban J connectivity index is 1.31. The van der Waals surface area contributed by atoms with Crippen molar-refractivity contribution in [3.8, 4) is 22.5 Å². The van der Waals surface area contributed by atoms with Crippen molar-refractivity contribution in [3.63, 3.8) is 0 Å². The number of nitrogens with zero attached hydrogens (tertiary/aromatic N) is 6. The summed E-state index contributed by atoms with van der Waals surface area (Å²) in [5.74, 6) is 0.455. The van der Waals surface area contributed by atoms with Crippen LogP contribution in [0.25, 0.3) is 22.5 Å². The second-order valence-electron chi connectivity index (χ2n) is 8.69. The first-order chi connectivity index (χ1) is 16.3. The summed E-state index contributed by atoms with van der Waals surface area (Å²) in [5.41, 5.74) is 0.751. The minimum Gasteiger partial charge on any atom is -0.390 e. The molecular formula is C23H24F2N8O. The van der Waals surface area contributed by atoms with Crippen LogP contribution in [0.5, 0.6) is 0 Å². The highest BCUT2D eigenvalue weighted by atomic mass is 19.1. The van der Waals surface area contributed by atoms with Crippen LogP contribution in [0.1, 0.15) is 19.8 Å². The van der Waals surface area contributed by atoms with Crippen LogP contribution in [-0.2, 0) is 7.05 Å². The van der Waals surface area contributed by atoms with E-state index in [4.69, 9.17) is 0 Å². The number of pyridine rings is 1. The molecule has 1 saturated heterocycles. The fraction of sp³-hybridized carbons (Fsp3) is 0.304. The molecule has 3 aromatic heterocycles. The summed E-state index contributed by atoms with van der Waals surface area (Å²) in [6, 6.07) is 8.20. The topological polar surface area (TPSA) is 108 Å². The van der Waals surface area contributed by atoms with Crippen LogP contribution < -0.4 is 10.2 Å². The van der Waals surface area contributed by atoms with Gasteiger partial charge in [0.25, 0.3) is 0 Å². The molecule has 1 aliphatic rings. The molecule has 1 fully saturated rings. The lowest BCUT2D eigenvalue weighted by molar-refractivity contribution is 0.0350. The number of hydrogen-bond acceptors (Lipinski definition) is 7. The quantitative estimate of drug-likeness (QED) is 0.412. The molecule has 0 saturated carbocycles. The molecule has 0 spiro atoms. The number of halogens is 2. The molecule has 0 radical (unpaired) electrons. The van der Waals surface area contributed by atoms with Gasteiger partial charge in [-0.05, 0) is 50.1 Å². The lowest BCUT2D eigenvalue weighted by atomic mass is 9.94. The van der Waals surface area contributed by atoms with Crippen molar-refractivity contribution >= 4 is 17.5 Å². The second-order valence-corrected chi connectivity index (χ2v) is 8.69. The van der Waals surface area contributed by atoms with Crippen molar-refractivity contribution in [2.24, 2.45) is 7.05 Å². The van der Waals surface area contributed by atoms with E-state index in [9.17, 15) is 13.9 Å². The number of hydrogen-bond donors (Lipinski definition) is 3. The molecule has 176 valence electrons. The number of H-pyrrole nitrogens is 1. The van der Waals surface area contributed by atoms with E-state index in [0.29, 0.717) is 30.3 Å². The molecule has 0 unspecified atom stereocenters. The molecule has 34 heavy (non-hydrogen) atoms. The lowest BCUT2D eigenvalue weighted by Gasteiger charge is -2.36. The molecule has 5 rings (SSSR count). The van der Waals surface area contributed by atoms with Gasteiger partial charge in [0.05, 0.1) is 17.4 Å². The van der Waals surface area contributed by atoms with E-state index in [1.54, 1.807) is 24.0 Å². The highest BCUT2D eigenvalue weighted by Crippen LogP contribution is 2.29. The van der Waals surface area contributed by atoms with E-state index < -0.39 is 17.4 Å². The number of aliphatic hydroxyl groups is 1. The van der Waals surface area contributed by atoms with Gasteiger partial charge in [-0.15, -0.1) is 5.10 Å². The Morgan fingerprint density at radius 3 is 2.53 bits per heavy atom. The molecule has 0 atom stereocenters. The van der Waals surface area contributed by atoms with E-state index in [2.05, 4.69) is 35.5 Å². The van der Waals surface area contributed by atoms with Gasteiger partial charge >= 0.3 is 0 Å². The Kier molecular flexibility index (Phi) is 5.48. The second kappa shape index (κ2) is 8.49. The molecule has 1 aliphatic heterocycles. The fourth-order valence-electron chi connectivity index (χ4n) is 3.94. The van der Waals surface area contributed by atoms with E-state index >= 15 is 0 Å². The molecule has 1 aromatic carbocycles. The summed E-state index contributed by atoms with van der Waals surface area (Å²) in [6.07, 6.45) is 4.36. The number of aryl methyl sites for hydroxylation is 1. The van der Waals surface area contributed by atoms with Crippen molar-refractivity contribution in [3.05, 3.63) is 54.5 Å². The van der Waals surface area contributed by atoms with Gasteiger partial charge in [-0.2, -0.15) is 14.5 Å². The zero-order chi connectivity index (χ0) is 23.9. The largest absolute Gasteiger partial charge is 0.390 e. The third kappa shape index (κ3) is 4.34. The summed E-state index contributed by atoms with van der Waals surface area (Å²) in [4.78, 5) is 11.2. The number of nitrogens with one attached hydrogen (secondary N) is 2. The molecule has 0 bridgehead atoms. The normalized spacial score (nSPS) is 15.5. The van der Waals surface area contributed by atoms with Crippen LogP contribution in [0.3, 0.4) is 0 Å². The van der Waals surface area contributed by atoms with E-state index in [-0.39, 0.29) is 11.1 Å². The Morgan fingerprint density at radius 1 is 1.09 bits per heavy atom. The van der Waals surface area contributed by atoms with Gasteiger partial charge in [0.15, 0.2) is 5.82 Å². The average molecular weight is 466 g/mol. The van der Waals surface area contributed by atoms with Gasteiger partial charge < -0.3 is 15.3 Å². The standard InChI is InChI=1S/C23H24F2N8O/c1-23(34)7-9-33(10-8-23)19-6-3-14(12-26-19)21-29-22(32(2)31-21)28-15-4-5-16(18(24)11-15)17-13-27-30-20(17)25/h3-6,11-13,34H,7-10H2,1-2H3,(H,27,30)(H,28,29,31).